The van der Waals surface area contributed by atoms with Crippen molar-refractivity contribution >= 4 is 17.3 Å². The molecule has 1 aromatic heterocycles. The first-order valence-electron chi connectivity index (χ1n) is 4.41. The van der Waals surface area contributed by atoms with Gasteiger partial charge in [0.1, 0.15) is 0 Å². The van der Waals surface area contributed by atoms with E-state index in [4.69, 9.17) is 4.52 Å². The lowest BCUT2D eigenvalue weighted by Gasteiger charge is -1.89. The monoisotopic (exact) mass is 196 g/mol. The largest absolute Gasteiger partial charge is 0.334 e. The van der Waals surface area contributed by atoms with E-state index in [0.29, 0.717) is 0 Å². The van der Waals surface area contributed by atoms with Gasteiger partial charge in [-0.15, -0.1) is 0 Å². The van der Waals surface area contributed by atoms with E-state index in [0.717, 1.165) is 30.3 Å². The Kier molecular flexibility index (Phi) is 2.68. The van der Waals surface area contributed by atoms with Crippen LogP contribution in [0.5, 0.6) is 0 Å². The summed E-state index contributed by atoms with van der Waals surface area (Å²) in [7, 11) is 0. The first-order chi connectivity index (χ1) is 6.40. The van der Waals surface area contributed by atoms with Gasteiger partial charge in [0, 0.05) is 5.57 Å². The van der Waals surface area contributed by atoms with Crippen molar-refractivity contribution < 1.29 is 4.52 Å². The van der Waals surface area contributed by atoms with Crippen LogP contribution in [-0.4, -0.2) is 16.4 Å². The standard InChI is InChI=1S/C9H12N2OS/c1-13-6-8-10-9(12-11-8)7-4-2-3-5-7/h4H,2-3,5-6H2,1H3. The molecule has 0 saturated heterocycles. The van der Waals surface area contributed by atoms with E-state index in [1.54, 1.807) is 11.8 Å². The molecule has 13 heavy (non-hydrogen) atoms. The maximum atomic E-state index is 5.16. The van der Waals surface area contributed by atoms with Crippen LogP contribution < -0.4 is 0 Å². The summed E-state index contributed by atoms with van der Waals surface area (Å²) in [5.74, 6) is 2.36. The zero-order chi connectivity index (χ0) is 9.10. The van der Waals surface area contributed by atoms with Crippen LogP contribution in [0.4, 0.5) is 0 Å². The molecular formula is C9H12N2OS. The number of nitrogens with zero attached hydrogens (tertiary/aromatic N) is 2. The first-order valence-corrected chi connectivity index (χ1v) is 5.80. The normalized spacial score (nSPS) is 16.2. The fourth-order valence-corrected chi connectivity index (χ4v) is 1.81. The van der Waals surface area contributed by atoms with Crippen LogP contribution in [0.25, 0.3) is 5.57 Å². The molecule has 0 aromatic carbocycles. The average molecular weight is 196 g/mol. The Morgan fingerprint density at radius 1 is 1.62 bits per heavy atom. The summed E-state index contributed by atoms with van der Waals surface area (Å²) in [5, 5.41) is 3.90. The van der Waals surface area contributed by atoms with E-state index in [1.807, 2.05) is 6.26 Å². The minimum atomic E-state index is 0.724. The van der Waals surface area contributed by atoms with E-state index in [9.17, 15) is 0 Å². The van der Waals surface area contributed by atoms with E-state index < -0.39 is 0 Å². The molecule has 1 aliphatic rings. The Morgan fingerprint density at radius 2 is 2.54 bits per heavy atom. The number of aromatic nitrogens is 2. The molecule has 1 heterocycles. The number of allylic oxidation sites excluding steroid dienone is 2. The average Bonchev–Trinajstić information content (AvgIpc) is 2.70. The fourth-order valence-electron chi connectivity index (χ4n) is 1.44. The Morgan fingerprint density at radius 3 is 3.23 bits per heavy atom. The van der Waals surface area contributed by atoms with Gasteiger partial charge in [0.05, 0.1) is 5.75 Å². The Hall–Kier alpha value is -0.770. The molecule has 0 bridgehead atoms. The van der Waals surface area contributed by atoms with Crippen molar-refractivity contribution in [2.75, 3.05) is 6.26 Å². The summed E-state index contributed by atoms with van der Waals surface area (Å²) in [6, 6.07) is 0. The fraction of sp³-hybridized carbons (Fsp3) is 0.556. The van der Waals surface area contributed by atoms with Crippen molar-refractivity contribution in [3.05, 3.63) is 17.8 Å². The smallest absolute Gasteiger partial charge is 0.253 e. The summed E-state index contributed by atoms with van der Waals surface area (Å²) in [6.07, 6.45) is 7.67. The highest BCUT2D eigenvalue weighted by Gasteiger charge is 2.13. The lowest BCUT2D eigenvalue weighted by molar-refractivity contribution is 0.401. The molecule has 70 valence electrons. The summed E-state index contributed by atoms with van der Waals surface area (Å²) in [4.78, 5) is 4.32. The molecule has 0 aliphatic heterocycles. The van der Waals surface area contributed by atoms with Crippen LogP contribution in [0.15, 0.2) is 10.6 Å². The van der Waals surface area contributed by atoms with Gasteiger partial charge in [0.25, 0.3) is 5.89 Å². The van der Waals surface area contributed by atoms with Gasteiger partial charge in [-0.25, -0.2) is 0 Å². The van der Waals surface area contributed by atoms with Gasteiger partial charge in [0.2, 0.25) is 0 Å². The summed E-state index contributed by atoms with van der Waals surface area (Å²) >= 11 is 1.71. The zero-order valence-corrected chi connectivity index (χ0v) is 8.43. The van der Waals surface area contributed by atoms with Gasteiger partial charge in [0.15, 0.2) is 5.82 Å². The lowest BCUT2D eigenvalue weighted by Crippen LogP contribution is -1.84. The Balaban J connectivity index is 2.12. The minimum Gasteiger partial charge on any atom is -0.334 e. The van der Waals surface area contributed by atoms with E-state index in [1.165, 1.54) is 12.0 Å². The number of hydrogen-bond acceptors (Lipinski definition) is 4. The SMILES string of the molecule is CSCc1noc(C2=CCCC2)n1. The summed E-state index contributed by atoms with van der Waals surface area (Å²) in [6.45, 7) is 0. The van der Waals surface area contributed by atoms with Crippen LogP contribution in [0.1, 0.15) is 31.0 Å². The zero-order valence-electron chi connectivity index (χ0n) is 7.62. The van der Waals surface area contributed by atoms with Crippen molar-refractivity contribution in [2.24, 2.45) is 0 Å². The molecule has 1 aromatic rings. The molecule has 0 amide bonds. The third-order valence-electron chi connectivity index (χ3n) is 2.06. The highest BCUT2D eigenvalue weighted by atomic mass is 32.2. The minimum absolute atomic E-state index is 0.724. The van der Waals surface area contributed by atoms with E-state index in [-0.39, 0.29) is 0 Å². The van der Waals surface area contributed by atoms with E-state index in [2.05, 4.69) is 16.2 Å². The molecule has 0 atom stereocenters. The Labute approximate surface area is 81.6 Å². The van der Waals surface area contributed by atoms with Gasteiger partial charge >= 0.3 is 0 Å². The van der Waals surface area contributed by atoms with Crippen LogP contribution >= 0.6 is 11.8 Å². The van der Waals surface area contributed by atoms with Crippen molar-refractivity contribution in [3.63, 3.8) is 0 Å². The van der Waals surface area contributed by atoms with E-state index >= 15 is 0 Å². The second kappa shape index (κ2) is 3.96. The van der Waals surface area contributed by atoms with Gasteiger partial charge in [-0.3, -0.25) is 0 Å². The van der Waals surface area contributed by atoms with Crippen molar-refractivity contribution in [1.29, 1.82) is 0 Å². The number of hydrogen-bond donors (Lipinski definition) is 0. The predicted molar refractivity (Wildman–Crippen MR) is 53.3 cm³/mol. The maximum absolute atomic E-state index is 5.16. The summed E-state index contributed by atoms with van der Waals surface area (Å²) < 4.78 is 5.16. The first kappa shape index (κ1) is 8.81. The van der Waals surface area contributed by atoms with Crippen LogP contribution in [0.3, 0.4) is 0 Å². The molecule has 1 aliphatic carbocycles. The van der Waals surface area contributed by atoms with Gasteiger partial charge in [-0.05, 0) is 25.5 Å². The highest BCUT2D eigenvalue weighted by Crippen LogP contribution is 2.26. The van der Waals surface area contributed by atoms with Crippen LogP contribution in [0, 0.1) is 0 Å². The number of rotatable bonds is 3. The molecule has 0 spiro atoms. The molecule has 0 saturated carbocycles. The van der Waals surface area contributed by atoms with Crippen molar-refractivity contribution in [1.82, 2.24) is 10.1 Å². The molecule has 0 fully saturated rings. The second-order valence-electron chi connectivity index (χ2n) is 3.07. The predicted octanol–water partition coefficient (Wildman–Crippen LogP) is 2.50. The molecule has 0 unspecified atom stereocenters. The third kappa shape index (κ3) is 1.94. The molecule has 0 N–H and O–H groups in total. The van der Waals surface area contributed by atoms with Gasteiger partial charge in [-0.2, -0.15) is 16.7 Å². The van der Waals surface area contributed by atoms with Crippen molar-refractivity contribution in [3.8, 4) is 0 Å². The van der Waals surface area contributed by atoms with Crippen LogP contribution in [0.2, 0.25) is 0 Å². The maximum Gasteiger partial charge on any atom is 0.253 e. The summed E-state index contributed by atoms with van der Waals surface area (Å²) in [5.41, 5.74) is 1.22. The van der Waals surface area contributed by atoms with Gasteiger partial charge < -0.3 is 4.52 Å². The lowest BCUT2D eigenvalue weighted by atomic mass is 10.2. The number of thioether (sulfide) groups is 1. The topological polar surface area (TPSA) is 38.9 Å². The second-order valence-corrected chi connectivity index (χ2v) is 3.94. The third-order valence-corrected chi connectivity index (χ3v) is 2.60. The van der Waals surface area contributed by atoms with Crippen molar-refractivity contribution in [2.45, 2.75) is 25.0 Å². The molecule has 0 radical (unpaired) electrons. The van der Waals surface area contributed by atoms with Gasteiger partial charge in [-0.1, -0.05) is 11.2 Å². The molecule has 3 nitrogen and oxygen atoms in total. The Bertz CT molecular complexity index is 319. The molecule has 4 heteroatoms. The van der Waals surface area contributed by atoms with Crippen LogP contribution in [-0.2, 0) is 5.75 Å². The molecular weight excluding hydrogens is 184 g/mol. The molecule has 2 rings (SSSR count). The highest BCUT2D eigenvalue weighted by molar-refractivity contribution is 7.97. The quantitative estimate of drug-likeness (QED) is 0.744.